The third-order valence-corrected chi connectivity index (χ3v) is 2.16. The van der Waals surface area contributed by atoms with E-state index in [1.54, 1.807) is 0 Å². The lowest BCUT2D eigenvalue weighted by Gasteiger charge is -2.21. The maximum Gasteiger partial charge on any atom is 0.0538 e. The van der Waals surface area contributed by atoms with Gasteiger partial charge in [-0.05, 0) is 0 Å². The number of hydrogen-bond acceptors (Lipinski definition) is 3. The highest BCUT2D eigenvalue weighted by atomic mass is 15.4. The third-order valence-electron chi connectivity index (χ3n) is 2.16. The molecule has 1 aliphatic rings. The summed E-state index contributed by atoms with van der Waals surface area (Å²) < 4.78 is 1.93. The van der Waals surface area contributed by atoms with Crippen molar-refractivity contribution in [3.05, 3.63) is 17.5 Å². The SMILES string of the molecule is Cn1ncc2c1CCN(N)C2. The lowest BCUT2D eigenvalue weighted by atomic mass is 10.1. The first-order chi connectivity index (χ1) is 5.27. The van der Waals surface area contributed by atoms with E-state index in [1.165, 1.54) is 11.3 Å². The number of hydrogen-bond donors (Lipinski definition) is 1. The Morgan fingerprint density at radius 2 is 2.45 bits per heavy atom. The van der Waals surface area contributed by atoms with Crippen molar-refractivity contribution < 1.29 is 0 Å². The summed E-state index contributed by atoms with van der Waals surface area (Å²) in [6.07, 6.45) is 2.91. The Labute approximate surface area is 65.6 Å². The number of fused-ring (bicyclic) bond motifs is 1. The lowest BCUT2D eigenvalue weighted by molar-refractivity contribution is 0.260. The van der Waals surface area contributed by atoms with Gasteiger partial charge in [-0.3, -0.25) is 10.5 Å². The molecule has 0 aromatic carbocycles. The first kappa shape index (κ1) is 6.82. The molecule has 2 heterocycles. The van der Waals surface area contributed by atoms with Crippen LogP contribution in [0.5, 0.6) is 0 Å². The van der Waals surface area contributed by atoms with Crippen molar-refractivity contribution in [1.82, 2.24) is 14.8 Å². The Balaban J connectivity index is 2.36. The zero-order valence-electron chi connectivity index (χ0n) is 6.62. The zero-order chi connectivity index (χ0) is 7.84. The van der Waals surface area contributed by atoms with Gasteiger partial charge in [-0.25, -0.2) is 5.01 Å². The summed E-state index contributed by atoms with van der Waals surface area (Å²) in [5.41, 5.74) is 2.59. The summed E-state index contributed by atoms with van der Waals surface area (Å²) in [5.74, 6) is 5.66. The number of aromatic nitrogens is 2. The summed E-state index contributed by atoms with van der Waals surface area (Å²) in [4.78, 5) is 0. The van der Waals surface area contributed by atoms with Crippen LogP contribution >= 0.6 is 0 Å². The number of aryl methyl sites for hydroxylation is 1. The van der Waals surface area contributed by atoms with Crippen molar-refractivity contribution >= 4 is 0 Å². The zero-order valence-corrected chi connectivity index (χ0v) is 6.62. The molecule has 0 amide bonds. The van der Waals surface area contributed by atoms with Crippen LogP contribution in [0.3, 0.4) is 0 Å². The summed E-state index contributed by atoms with van der Waals surface area (Å²) in [6, 6.07) is 0. The quantitative estimate of drug-likeness (QED) is 0.517. The predicted molar refractivity (Wildman–Crippen MR) is 41.5 cm³/mol. The summed E-state index contributed by atoms with van der Waals surface area (Å²) in [7, 11) is 1.98. The molecular formula is C7H12N4. The second kappa shape index (κ2) is 2.32. The largest absolute Gasteiger partial charge is 0.272 e. The number of hydrazine groups is 1. The molecule has 11 heavy (non-hydrogen) atoms. The summed E-state index contributed by atoms with van der Waals surface area (Å²) in [6.45, 7) is 1.77. The number of nitrogens with two attached hydrogens (primary N) is 1. The molecule has 1 aromatic heterocycles. The highest BCUT2D eigenvalue weighted by molar-refractivity contribution is 5.19. The molecule has 0 radical (unpaired) electrons. The Hall–Kier alpha value is -0.870. The standard InChI is InChI=1S/C7H12N4/c1-10-7-2-3-11(8)5-6(7)4-9-10/h4H,2-3,5,8H2,1H3. The van der Waals surface area contributed by atoms with E-state index in [0.29, 0.717) is 0 Å². The molecule has 4 heteroatoms. The minimum absolute atomic E-state index is 0.836. The van der Waals surface area contributed by atoms with E-state index < -0.39 is 0 Å². The van der Waals surface area contributed by atoms with Crippen molar-refractivity contribution in [1.29, 1.82) is 0 Å². The van der Waals surface area contributed by atoms with Gasteiger partial charge >= 0.3 is 0 Å². The Bertz CT molecular complexity index is 265. The molecule has 0 unspecified atom stereocenters. The van der Waals surface area contributed by atoms with Crippen molar-refractivity contribution in [2.24, 2.45) is 12.9 Å². The normalized spacial score (nSPS) is 18.4. The van der Waals surface area contributed by atoms with Crippen LogP contribution in [-0.2, 0) is 20.0 Å². The van der Waals surface area contributed by atoms with Gasteiger partial charge in [0.25, 0.3) is 0 Å². The number of rotatable bonds is 0. The second-order valence-electron chi connectivity index (χ2n) is 2.96. The minimum Gasteiger partial charge on any atom is -0.272 e. The van der Waals surface area contributed by atoms with E-state index in [4.69, 9.17) is 5.84 Å². The minimum atomic E-state index is 0.836. The molecule has 0 aliphatic carbocycles. The molecule has 0 saturated carbocycles. The van der Waals surface area contributed by atoms with Gasteiger partial charge in [-0.15, -0.1) is 0 Å². The van der Waals surface area contributed by atoms with Gasteiger partial charge in [-0.1, -0.05) is 0 Å². The maximum absolute atomic E-state index is 5.66. The van der Waals surface area contributed by atoms with Crippen molar-refractivity contribution in [2.75, 3.05) is 6.54 Å². The average molecular weight is 152 g/mol. The smallest absolute Gasteiger partial charge is 0.0538 e. The fourth-order valence-corrected chi connectivity index (χ4v) is 1.51. The van der Waals surface area contributed by atoms with Gasteiger partial charge < -0.3 is 0 Å². The Morgan fingerprint density at radius 3 is 3.27 bits per heavy atom. The third kappa shape index (κ3) is 1.04. The molecule has 60 valence electrons. The highest BCUT2D eigenvalue weighted by Crippen LogP contribution is 2.14. The molecule has 0 saturated heterocycles. The van der Waals surface area contributed by atoms with E-state index in [0.717, 1.165) is 19.5 Å². The molecular weight excluding hydrogens is 140 g/mol. The van der Waals surface area contributed by atoms with Crippen LogP contribution in [0.2, 0.25) is 0 Å². The van der Waals surface area contributed by atoms with E-state index in [2.05, 4.69) is 5.10 Å². The van der Waals surface area contributed by atoms with Crippen LogP contribution in [0.25, 0.3) is 0 Å². The molecule has 2 N–H and O–H groups in total. The van der Waals surface area contributed by atoms with Crippen LogP contribution in [-0.4, -0.2) is 21.3 Å². The van der Waals surface area contributed by atoms with Crippen LogP contribution in [0.15, 0.2) is 6.20 Å². The van der Waals surface area contributed by atoms with E-state index in [-0.39, 0.29) is 0 Å². The van der Waals surface area contributed by atoms with E-state index >= 15 is 0 Å². The van der Waals surface area contributed by atoms with Gasteiger partial charge in [0.15, 0.2) is 0 Å². The molecule has 0 atom stereocenters. The van der Waals surface area contributed by atoms with Gasteiger partial charge in [-0.2, -0.15) is 5.10 Å². The molecule has 0 bridgehead atoms. The topological polar surface area (TPSA) is 47.1 Å². The molecule has 2 rings (SSSR count). The Kier molecular flexibility index (Phi) is 1.44. The monoisotopic (exact) mass is 152 g/mol. The van der Waals surface area contributed by atoms with Crippen molar-refractivity contribution in [2.45, 2.75) is 13.0 Å². The second-order valence-corrected chi connectivity index (χ2v) is 2.96. The molecule has 1 aromatic rings. The summed E-state index contributed by atoms with van der Waals surface area (Å²) in [5, 5.41) is 5.99. The fraction of sp³-hybridized carbons (Fsp3) is 0.571. The highest BCUT2D eigenvalue weighted by Gasteiger charge is 2.16. The number of nitrogens with zero attached hydrogens (tertiary/aromatic N) is 3. The van der Waals surface area contributed by atoms with Gasteiger partial charge in [0.2, 0.25) is 0 Å². The first-order valence-electron chi connectivity index (χ1n) is 3.77. The Morgan fingerprint density at radius 1 is 1.64 bits per heavy atom. The van der Waals surface area contributed by atoms with E-state index in [1.807, 2.05) is 22.9 Å². The first-order valence-corrected chi connectivity index (χ1v) is 3.77. The lowest BCUT2D eigenvalue weighted by Crippen LogP contribution is -2.36. The molecule has 0 fully saturated rings. The fourth-order valence-electron chi connectivity index (χ4n) is 1.51. The summed E-state index contributed by atoms with van der Waals surface area (Å²) >= 11 is 0. The molecule has 4 nitrogen and oxygen atoms in total. The van der Waals surface area contributed by atoms with Crippen LogP contribution in [0.4, 0.5) is 0 Å². The molecule has 0 spiro atoms. The van der Waals surface area contributed by atoms with Crippen LogP contribution < -0.4 is 5.84 Å². The van der Waals surface area contributed by atoms with Crippen molar-refractivity contribution in [3.8, 4) is 0 Å². The van der Waals surface area contributed by atoms with Gasteiger partial charge in [0.05, 0.1) is 6.20 Å². The van der Waals surface area contributed by atoms with Crippen LogP contribution in [0, 0.1) is 0 Å². The predicted octanol–water partition coefficient (Wildman–Crippen LogP) is -0.348. The van der Waals surface area contributed by atoms with Crippen molar-refractivity contribution in [3.63, 3.8) is 0 Å². The average Bonchev–Trinajstić information content (AvgIpc) is 2.32. The molecule has 1 aliphatic heterocycles. The van der Waals surface area contributed by atoms with Crippen LogP contribution in [0.1, 0.15) is 11.3 Å². The van der Waals surface area contributed by atoms with Gasteiger partial charge in [0.1, 0.15) is 0 Å². The van der Waals surface area contributed by atoms with E-state index in [9.17, 15) is 0 Å². The maximum atomic E-state index is 5.66. The van der Waals surface area contributed by atoms with Gasteiger partial charge in [0, 0.05) is 37.8 Å².